The molecule has 1 aromatic rings. The van der Waals surface area contributed by atoms with Gasteiger partial charge in [-0.15, -0.1) is 0 Å². The molecule has 1 aliphatic carbocycles. The average Bonchev–Trinajstić information content (AvgIpc) is 2.86. The number of aromatic nitrogens is 2. The largest absolute Gasteiger partial charge is 0.338 e. The zero-order chi connectivity index (χ0) is 13.1. The standard InChI is InChI=1S/C14H25N3O/c1-4-10(3)12(15)14-16-13(17-18-14)11-7-5-6-9(2)8-11/h9-12H,4-8,15H2,1-3H3/t9?,10?,11?,12-/m0/s1. The van der Waals surface area contributed by atoms with E-state index in [1.807, 2.05) is 0 Å². The molecule has 2 N–H and O–H groups in total. The van der Waals surface area contributed by atoms with Crippen molar-refractivity contribution in [3.05, 3.63) is 11.7 Å². The molecule has 0 saturated heterocycles. The van der Waals surface area contributed by atoms with Gasteiger partial charge in [-0.3, -0.25) is 0 Å². The van der Waals surface area contributed by atoms with Crippen LogP contribution in [0.25, 0.3) is 0 Å². The van der Waals surface area contributed by atoms with Crippen molar-refractivity contribution in [1.29, 1.82) is 0 Å². The van der Waals surface area contributed by atoms with Crippen molar-refractivity contribution in [2.45, 2.75) is 64.8 Å². The highest BCUT2D eigenvalue weighted by Gasteiger charge is 2.26. The Hall–Kier alpha value is -0.900. The van der Waals surface area contributed by atoms with Gasteiger partial charge >= 0.3 is 0 Å². The van der Waals surface area contributed by atoms with Crippen LogP contribution in [0.3, 0.4) is 0 Å². The average molecular weight is 251 g/mol. The predicted molar refractivity (Wildman–Crippen MR) is 71.1 cm³/mol. The molecule has 1 saturated carbocycles. The molecule has 102 valence electrons. The van der Waals surface area contributed by atoms with Crippen molar-refractivity contribution in [3.63, 3.8) is 0 Å². The first-order chi connectivity index (χ1) is 8.61. The summed E-state index contributed by atoms with van der Waals surface area (Å²) in [5.74, 6) is 3.10. The van der Waals surface area contributed by atoms with Crippen molar-refractivity contribution in [2.24, 2.45) is 17.6 Å². The fraction of sp³-hybridized carbons (Fsp3) is 0.857. The van der Waals surface area contributed by atoms with Gasteiger partial charge in [0.2, 0.25) is 5.89 Å². The van der Waals surface area contributed by atoms with Crippen LogP contribution in [0, 0.1) is 11.8 Å². The first-order valence-corrected chi connectivity index (χ1v) is 7.20. The normalized spacial score (nSPS) is 28.0. The van der Waals surface area contributed by atoms with Crippen molar-refractivity contribution in [2.75, 3.05) is 0 Å². The number of hydrogen-bond donors (Lipinski definition) is 1. The van der Waals surface area contributed by atoms with E-state index >= 15 is 0 Å². The Morgan fingerprint density at radius 3 is 2.89 bits per heavy atom. The zero-order valence-electron chi connectivity index (χ0n) is 11.7. The molecule has 1 fully saturated rings. The minimum atomic E-state index is -0.128. The monoisotopic (exact) mass is 251 g/mol. The highest BCUT2D eigenvalue weighted by Crippen LogP contribution is 2.35. The molecule has 1 aromatic heterocycles. The molecule has 0 aliphatic heterocycles. The van der Waals surface area contributed by atoms with Crippen molar-refractivity contribution < 1.29 is 4.52 Å². The van der Waals surface area contributed by atoms with E-state index in [0.717, 1.165) is 18.2 Å². The van der Waals surface area contributed by atoms with Crippen LogP contribution in [0.1, 0.15) is 76.6 Å². The number of rotatable bonds is 4. The van der Waals surface area contributed by atoms with E-state index in [9.17, 15) is 0 Å². The Labute approximate surface area is 109 Å². The Bertz CT molecular complexity index is 377. The lowest BCUT2D eigenvalue weighted by molar-refractivity contribution is 0.300. The molecule has 0 aromatic carbocycles. The summed E-state index contributed by atoms with van der Waals surface area (Å²) in [7, 11) is 0. The Morgan fingerprint density at radius 2 is 2.22 bits per heavy atom. The summed E-state index contributed by atoms with van der Waals surface area (Å²) in [6.07, 6.45) is 5.99. The first kappa shape index (κ1) is 13.5. The highest BCUT2D eigenvalue weighted by molar-refractivity contribution is 5.00. The third-order valence-corrected chi connectivity index (χ3v) is 4.30. The van der Waals surface area contributed by atoms with E-state index < -0.39 is 0 Å². The third kappa shape index (κ3) is 2.91. The Morgan fingerprint density at radius 1 is 1.44 bits per heavy atom. The first-order valence-electron chi connectivity index (χ1n) is 7.20. The van der Waals surface area contributed by atoms with Gasteiger partial charge in [0.15, 0.2) is 5.82 Å². The zero-order valence-corrected chi connectivity index (χ0v) is 11.7. The predicted octanol–water partition coefficient (Wildman–Crippen LogP) is 3.41. The maximum Gasteiger partial charge on any atom is 0.243 e. The SMILES string of the molecule is CCC(C)[C@H](N)c1nc(C2CCCC(C)C2)no1. The van der Waals surface area contributed by atoms with E-state index in [0.29, 0.717) is 17.7 Å². The molecule has 3 unspecified atom stereocenters. The topological polar surface area (TPSA) is 64.9 Å². The molecular weight excluding hydrogens is 226 g/mol. The molecule has 0 spiro atoms. The highest BCUT2D eigenvalue weighted by atomic mass is 16.5. The van der Waals surface area contributed by atoms with Crippen LogP contribution < -0.4 is 5.73 Å². The van der Waals surface area contributed by atoms with Gasteiger partial charge in [0.1, 0.15) is 0 Å². The minimum Gasteiger partial charge on any atom is -0.338 e. The molecule has 2 rings (SSSR count). The van der Waals surface area contributed by atoms with Gasteiger partial charge in [-0.05, 0) is 24.7 Å². The summed E-state index contributed by atoms with van der Waals surface area (Å²) in [4.78, 5) is 4.53. The van der Waals surface area contributed by atoms with Crippen molar-refractivity contribution in [3.8, 4) is 0 Å². The van der Waals surface area contributed by atoms with Gasteiger partial charge in [0, 0.05) is 5.92 Å². The van der Waals surface area contributed by atoms with Crippen LogP contribution in [0.15, 0.2) is 4.52 Å². The molecule has 4 heteroatoms. The van der Waals surface area contributed by atoms with Gasteiger partial charge < -0.3 is 10.3 Å². The second-order valence-electron chi connectivity index (χ2n) is 5.87. The molecule has 0 bridgehead atoms. The molecule has 0 radical (unpaired) electrons. The Balaban J connectivity index is 2.05. The molecule has 1 heterocycles. The summed E-state index contributed by atoms with van der Waals surface area (Å²) < 4.78 is 5.35. The number of nitrogens with two attached hydrogens (primary N) is 1. The van der Waals surface area contributed by atoms with Crippen LogP contribution in [-0.2, 0) is 0 Å². The molecular formula is C14H25N3O. The fourth-order valence-corrected chi connectivity index (χ4v) is 2.71. The van der Waals surface area contributed by atoms with Crippen LogP contribution in [-0.4, -0.2) is 10.1 Å². The van der Waals surface area contributed by atoms with Gasteiger partial charge in [-0.25, -0.2) is 0 Å². The summed E-state index contributed by atoms with van der Waals surface area (Å²) in [6, 6.07) is -0.128. The second-order valence-corrected chi connectivity index (χ2v) is 5.87. The number of nitrogens with zero attached hydrogens (tertiary/aromatic N) is 2. The smallest absolute Gasteiger partial charge is 0.243 e. The maximum absolute atomic E-state index is 6.12. The van der Waals surface area contributed by atoms with Crippen LogP contribution in [0.5, 0.6) is 0 Å². The van der Waals surface area contributed by atoms with Crippen molar-refractivity contribution in [1.82, 2.24) is 10.1 Å². The summed E-state index contributed by atoms with van der Waals surface area (Å²) in [5.41, 5.74) is 6.12. The van der Waals surface area contributed by atoms with E-state index in [4.69, 9.17) is 10.3 Å². The summed E-state index contributed by atoms with van der Waals surface area (Å²) in [5, 5.41) is 4.15. The second kappa shape index (κ2) is 5.83. The lowest BCUT2D eigenvalue weighted by atomic mass is 9.82. The Kier molecular flexibility index (Phi) is 4.38. The lowest BCUT2D eigenvalue weighted by Crippen LogP contribution is -2.19. The van der Waals surface area contributed by atoms with Crippen LogP contribution >= 0.6 is 0 Å². The molecule has 1 aliphatic rings. The van der Waals surface area contributed by atoms with E-state index in [2.05, 4.69) is 30.9 Å². The van der Waals surface area contributed by atoms with Gasteiger partial charge in [-0.1, -0.05) is 45.2 Å². The van der Waals surface area contributed by atoms with Crippen LogP contribution in [0.4, 0.5) is 0 Å². The molecule has 4 atom stereocenters. The third-order valence-electron chi connectivity index (χ3n) is 4.30. The quantitative estimate of drug-likeness (QED) is 0.890. The fourth-order valence-electron chi connectivity index (χ4n) is 2.71. The summed E-state index contributed by atoms with van der Waals surface area (Å²) >= 11 is 0. The lowest BCUT2D eigenvalue weighted by Gasteiger charge is -2.23. The van der Waals surface area contributed by atoms with Crippen molar-refractivity contribution >= 4 is 0 Å². The molecule has 0 amide bonds. The molecule has 4 nitrogen and oxygen atoms in total. The van der Waals surface area contributed by atoms with Gasteiger partial charge in [0.05, 0.1) is 6.04 Å². The maximum atomic E-state index is 6.12. The van der Waals surface area contributed by atoms with E-state index in [1.54, 1.807) is 0 Å². The number of hydrogen-bond acceptors (Lipinski definition) is 4. The van der Waals surface area contributed by atoms with Gasteiger partial charge in [-0.2, -0.15) is 4.98 Å². The minimum absolute atomic E-state index is 0.128. The van der Waals surface area contributed by atoms with Gasteiger partial charge in [0.25, 0.3) is 0 Å². The van der Waals surface area contributed by atoms with E-state index in [-0.39, 0.29) is 6.04 Å². The summed E-state index contributed by atoms with van der Waals surface area (Å²) in [6.45, 7) is 6.56. The molecule has 18 heavy (non-hydrogen) atoms. The van der Waals surface area contributed by atoms with E-state index in [1.165, 1.54) is 25.7 Å². The van der Waals surface area contributed by atoms with Crippen LogP contribution in [0.2, 0.25) is 0 Å².